The lowest BCUT2D eigenvalue weighted by atomic mass is 10.0. The fourth-order valence-corrected chi connectivity index (χ4v) is 4.32. The Bertz CT molecular complexity index is 709. The van der Waals surface area contributed by atoms with Crippen molar-refractivity contribution in [1.29, 1.82) is 0 Å². The second-order valence-electron chi connectivity index (χ2n) is 7.48. The second-order valence-corrected chi connectivity index (χ2v) is 7.48. The van der Waals surface area contributed by atoms with Crippen molar-refractivity contribution in [2.24, 2.45) is 11.8 Å². The maximum Gasteiger partial charge on any atom is 0.328 e. The summed E-state index contributed by atoms with van der Waals surface area (Å²) in [4.78, 5) is 41.6. The highest BCUT2D eigenvalue weighted by molar-refractivity contribution is 5.76. The number of hydrogen-bond donors (Lipinski definition) is 1. The topological polar surface area (TPSA) is 78.4 Å². The summed E-state index contributed by atoms with van der Waals surface area (Å²) in [6.45, 7) is -0.0295. The molecule has 24 heavy (non-hydrogen) atoms. The molecule has 1 N–H and O–H groups in total. The van der Waals surface area contributed by atoms with Gasteiger partial charge in [-0.1, -0.05) is 0 Å². The maximum absolute atomic E-state index is 12.5. The smallest absolute Gasteiger partial charge is 0.328 e. The lowest BCUT2D eigenvalue weighted by molar-refractivity contribution is -0.132. The maximum atomic E-state index is 12.5. The number of amides is 1. The van der Waals surface area contributed by atoms with E-state index in [1.54, 1.807) is 4.90 Å². The number of rotatable bonds is 4. The van der Waals surface area contributed by atoms with Crippen LogP contribution in [-0.2, 0) is 11.3 Å². The lowest BCUT2D eigenvalue weighted by Crippen LogP contribution is -2.41. The third-order valence-electron chi connectivity index (χ3n) is 5.84. The van der Waals surface area contributed by atoms with Gasteiger partial charge < -0.3 is 9.80 Å². The summed E-state index contributed by atoms with van der Waals surface area (Å²) in [6.07, 6.45) is 5.92. The normalized spacial score (nSPS) is 29.0. The number of likely N-dealkylation sites (N-methyl/N-ethyl adjacent to an activating group) is 1. The molecule has 3 rings (SSSR count). The largest absolute Gasteiger partial charge is 0.341 e. The molecule has 1 aromatic rings. The highest BCUT2D eigenvalue weighted by Gasteiger charge is 2.43. The first kappa shape index (κ1) is 17.0. The van der Waals surface area contributed by atoms with Crippen molar-refractivity contribution in [2.45, 2.75) is 44.3 Å². The van der Waals surface area contributed by atoms with Crippen LogP contribution in [0.5, 0.6) is 0 Å². The summed E-state index contributed by atoms with van der Waals surface area (Å²) in [6, 6.07) is 2.19. The van der Waals surface area contributed by atoms with E-state index in [0.717, 1.165) is 12.8 Å². The number of nitrogens with one attached hydrogen (secondary N) is 1. The molecular formula is C17H26N4O3. The van der Waals surface area contributed by atoms with Crippen molar-refractivity contribution in [3.8, 4) is 0 Å². The molecule has 0 spiro atoms. The Morgan fingerprint density at radius 1 is 1.12 bits per heavy atom. The molecule has 2 saturated carbocycles. The molecule has 1 amide bonds. The van der Waals surface area contributed by atoms with Crippen LogP contribution in [0.15, 0.2) is 21.9 Å². The van der Waals surface area contributed by atoms with Gasteiger partial charge in [-0.05, 0) is 51.6 Å². The number of fused-ring (bicyclic) bond motifs is 1. The van der Waals surface area contributed by atoms with E-state index in [-0.39, 0.29) is 18.5 Å². The van der Waals surface area contributed by atoms with Crippen LogP contribution in [0.2, 0.25) is 0 Å². The monoisotopic (exact) mass is 334 g/mol. The van der Waals surface area contributed by atoms with Gasteiger partial charge in [0.1, 0.15) is 6.54 Å². The van der Waals surface area contributed by atoms with E-state index < -0.39 is 11.2 Å². The standard InChI is InChI=1S/C17H26N4O3/c1-19(2)13-6-11-8-14(9-12(11)7-13)20(3)16(23)10-21-5-4-15(22)18-17(21)24/h4-5,11-14H,6-10H2,1-3H3,(H,18,22,24)/t11-,12+,13?,14?. The summed E-state index contributed by atoms with van der Waals surface area (Å²) >= 11 is 0. The molecule has 132 valence electrons. The molecule has 0 bridgehead atoms. The van der Waals surface area contributed by atoms with Gasteiger partial charge in [0.15, 0.2) is 0 Å². The zero-order valence-corrected chi connectivity index (χ0v) is 14.6. The Kier molecular flexibility index (Phi) is 4.62. The third kappa shape index (κ3) is 3.31. The quantitative estimate of drug-likeness (QED) is 0.848. The average molecular weight is 334 g/mol. The summed E-state index contributed by atoms with van der Waals surface area (Å²) in [7, 11) is 6.11. The van der Waals surface area contributed by atoms with Gasteiger partial charge in [0, 0.05) is 31.4 Å². The van der Waals surface area contributed by atoms with Gasteiger partial charge in [-0.15, -0.1) is 0 Å². The van der Waals surface area contributed by atoms with Crippen molar-refractivity contribution in [1.82, 2.24) is 19.4 Å². The molecule has 2 aliphatic rings. The van der Waals surface area contributed by atoms with Crippen LogP contribution in [-0.4, -0.2) is 58.5 Å². The number of H-pyrrole nitrogens is 1. The van der Waals surface area contributed by atoms with Gasteiger partial charge in [0.25, 0.3) is 5.56 Å². The van der Waals surface area contributed by atoms with E-state index >= 15 is 0 Å². The van der Waals surface area contributed by atoms with Crippen LogP contribution < -0.4 is 11.2 Å². The molecule has 1 heterocycles. The fourth-order valence-electron chi connectivity index (χ4n) is 4.32. The zero-order chi connectivity index (χ0) is 17.4. The van der Waals surface area contributed by atoms with Crippen LogP contribution in [0.3, 0.4) is 0 Å². The molecule has 1 aromatic heterocycles. The molecule has 0 aliphatic heterocycles. The number of carbonyl (C=O) groups is 1. The minimum Gasteiger partial charge on any atom is -0.341 e. The van der Waals surface area contributed by atoms with E-state index in [9.17, 15) is 14.4 Å². The molecule has 2 aliphatic carbocycles. The molecule has 0 aromatic carbocycles. The van der Waals surface area contributed by atoms with E-state index in [4.69, 9.17) is 0 Å². The first-order valence-corrected chi connectivity index (χ1v) is 8.57. The first-order valence-electron chi connectivity index (χ1n) is 8.57. The Labute approximate surface area is 141 Å². The summed E-state index contributed by atoms with van der Waals surface area (Å²) < 4.78 is 1.25. The fraction of sp³-hybridized carbons (Fsp3) is 0.706. The minimum atomic E-state index is -0.540. The average Bonchev–Trinajstić information content (AvgIpc) is 3.07. The number of carbonyl (C=O) groups excluding carboxylic acids is 1. The van der Waals surface area contributed by atoms with E-state index in [2.05, 4.69) is 24.0 Å². The third-order valence-corrected chi connectivity index (χ3v) is 5.84. The summed E-state index contributed by atoms with van der Waals surface area (Å²) in [5, 5.41) is 0. The lowest BCUT2D eigenvalue weighted by Gasteiger charge is -2.27. The Hall–Kier alpha value is -1.89. The van der Waals surface area contributed by atoms with Gasteiger partial charge in [-0.2, -0.15) is 0 Å². The molecule has 0 radical (unpaired) electrons. The van der Waals surface area contributed by atoms with Crippen molar-refractivity contribution in [3.05, 3.63) is 33.1 Å². The van der Waals surface area contributed by atoms with Gasteiger partial charge >= 0.3 is 5.69 Å². The summed E-state index contributed by atoms with van der Waals surface area (Å²) in [5.74, 6) is 1.32. The van der Waals surface area contributed by atoms with E-state index in [0.29, 0.717) is 17.9 Å². The van der Waals surface area contributed by atoms with Gasteiger partial charge in [0.05, 0.1) is 0 Å². The predicted octanol–water partition coefficient (Wildman–Crippen LogP) is 0.114. The van der Waals surface area contributed by atoms with Gasteiger partial charge in [-0.25, -0.2) is 4.79 Å². The Balaban J connectivity index is 1.60. The molecule has 2 fully saturated rings. The Morgan fingerprint density at radius 3 is 2.25 bits per heavy atom. The minimum absolute atomic E-state index is 0.0295. The zero-order valence-electron chi connectivity index (χ0n) is 14.6. The van der Waals surface area contributed by atoms with Crippen LogP contribution >= 0.6 is 0 Å². The molecule has 4 atom stereocenters. The van der Waals surface area contributed by atoms with Crippen LogP contribution in [0, 0.1) is 11.8 Å². The first-order chi connectivity index (χ1) is 11.3. The van der Waals surface area contributed by atoms with Gasteiger partial charge in [-0.3, -0.25) is 19.1 Å². The number of hydrogen-bond acceptors (Lipinski definition) is 4. The van der Waals surface area contributed by atoms with Crippen molar-refractivity contribution in [3.63, 3.8) is 0 Å². The molecule has 2 unspecified atom stereocenters. The molecule has 0 saturated heterocycles. The molecule has 7 nitrogen and oxygen atoms in total. The SMILES string of the molecule is CN(C)C1C[C@@H]2CC(N(C)C(=O)Cn3ccc(=O)[nH]c3=O)C[C@@H]2C1. The van der Waals surface area contributed by atoms with E-state index in [1.165, 1.54) is 29.7 Å². The molecule has 7 heteroatoms. The van der Waals surface area contributed by atoms with E-state index in [1.807, 2.05) is 7.05 Å². The van der Waals surface area contributed by atoms with Gasteiger partial charge in [0.2, 0.25) is 5.91 Å². The van der Waals surface area contributed by atoms with Crippen LogP contribution in [0.1, 0.15) is 25.7 Å². The summed E-state index contributed by atoms with van der Waals surface area (Å²) in [5.41, 5.74) is -0.988. The van der Waals surface area contributed by atoms with Crippen molar-refractivity contribution in [2.75, 3.05) is 21.1 Å². The number of aromatic nitrogens is 2. The highest BCUT2D eigenvalue weighted by atomic mass is 16.2. The van der Waals surface area contributed by atoms with Crippen LogP contribution in [0.4, 0.5) is 0 Å². The van der Waals surface area contributed by atoms with Crippen molar-refractivity contribution < 1.29 is 4.79 Å². The number of nitrogens with zero attached hydrogens (tertiary/aromatic N) is 3. The Morgan fingerprint density at radius 2 is 1.71 bits per heavy atom. The predicted molar refractivity (Wildman–Crippen MR) is 90.8 cm³/mol. The second kappa shape index (κ2) is 6.55. The highest BCUT2D eigenvalue weighted by Crippen LogP contribution is 2.46. The van der Waals surface area contributed by atoms with Crippen molar-refractivity contribution >= 4 is 5.91 Å². The van der Waals surface area contributed by atoms with Crippen LogP contribution in [0.25, 0.3) is 0 Å². The molecular weight excluding hydrogens is 308 g/mol. The number of aromatic amines is 1.